The summed E-state index contributed by atoms with van der Waals surface area (Å²) in [4.78, 5) is 23.4. The van der Waals surface area contributed by atoms with Crippen LogP contribution in [-0.4, -0.2) is 10.7 Å². The second kappa shape index (κ2) is 5.98. The van der Waals surface area contributed by atoms with Crippen molar-refractivity contribution < 1.29 is 9.72 Å². The van der Waals surface area contributed by atoms with E-state index in [0.29, 0.717) is 17.6 Å². The van der Waals surface area contributed by atoms with E-state index in [4.69, 9.17) is 0 Å². The fraction of sp³-hybridized carbons (Fsp3) is 0.0952. The Bertz CT molecular complexity index is 1040. The highest BCUT2D eigenvalue weighted by Crippen LogP contribution is 2.30. The highest BCUT2D eigenvalue weighted by atomic mass is 16.6. The molecule has 0 spiro atoms. The largest absolute Gasteiger partial charge is 0.289 e. The number of aryl methyl sites for hydroxylation is 1. The van der Waals surface area contributed by atoms with Crippen molar-refractivity contribution in [2.45, 2.75) is 12.8 Å². The number of hydrogen-bond donors (Lipinski definition) is 0. The smallest absolute Gasteiger partial charge is 0.270 e. The third-order valence-corrected chi connectivity index (χ3v) is 4.66. The number of carbonyl (C=O) groups excluding carboxylic acids is 1. The van der Waals surface area contributed by atoms with Gasteiger partial charge in [-0.3, -0.25) is 14.9 Å². The summed E-state index contributed by atoms with van der Waals surface area (Å²) in [6.07, 6.45) is 3.29. The lowest BCUT2D eigenvalue weighted by Gasteiger charge is -2.17. The van der Waals surface area contributed by atoms with Crippen LogP contribution in [0, 0.1) is 10.1 Å². The molecule has 0 amide bonds. The van der Waals surface area contributed by atoms with Crippen LogP contribution in [-0.2, 0) is 6.42 Å². The number of nitro benzene ring substituents is 1. The fourth-order valence-corrected chi connectivity index (χ4v) is 3.36. The summed E-state index contributed by atoms with van der Waals surface area (Å²) in [5, 5.41) is 13.2. The zero-order chi connectivity index (χ0) is 17.4. The zero-order valence-corrected chi connectivity index (χ0v) is 13.4. The quantitative estimate of drug-likeness (QED) is 0.379. The molecular formula is C21H15NO3. The van der Waals surface area contributed by atoms with Gasteiger partial charge in [0.05, 0.1) is 4.92 Å². The van der Waals surface area contributed by atoms with Gasteiger partial charge in [0, 0.05) is 23.3 Å². The monoisotopic (exact) mass is 329 g/mol. The van der Waals surface area contributed by atoms with E-state index in [2.05, 4.69) is 0 Å². The van der Waals surface area contributed by atoms with Gasteiger partial charge in [0.1, 0.15) is 0 Å². The SMILES string of the molecule is O=C1/C(=C/c2cccc3ccccc23)CCc2ccc([N+](=O)[O-])cc21. The van der Waals surface area contributed by atoms with Gasteiger partial charge in [-0.2, -0.15) is 0 Å². The Balaban J connectivity index is 1.79. The van der Waals surface area contributed by atoms with Gasteiger partial charge >= 0.3 is 0 Å². The molecule has 4 rings (SSSR count). The lowest BCUT2D eigenvalue weighted by atomic mass is 9.85. The molecule has 4 nitrogen and oxygen atoms in total. The van der Waals surface area contributed by atoms with Crippen molar-refractivity contribution in [2.24, 2.45) is 0 Å². The first-order valence-electron chi connectivity index (χ1n) is 8.14. The van der Waals surface area contributed by atoms with E-state index in [1.807, 2.05) is 48.5 Å². The number of carbonyl (C=O) groups is 1. The number of nitro groups is 1. The number of non-ortho nitro benzene ring substituents is 1. The molecule has 0 radical (unpaired) electrons. The molecule has 0 bridgehead atoms. The van der Waals surface area contributed by atoms with Gasteiger partial charge in [0.25, 0.3) is 5.69 Å². The molecule has 1 aliphatic rings. The summed E-state index contributed by atoms with van der Waals surface area (Å²) in [5.74, 6) is -0.113. The molecular weight excluding hydrogens is 314 g/mol. The Kier molecular flexibility index (Phi) is 3.65. The van der Waals surface area contributed by atoms with Crippen molar-refractivity contribution in [3.05, 3.63) is 93.0 Å². The third kappa shape index (κ3) is 2.72. The van der Waals surface area contributed by atoms with E-state index in [9.17, 15) is 14.9 Å². The van der Waals surface area contributed by atoms with Gasteiger partial charge in [0.2, 0.25) is 0 Å². The van der Waals surface area contributed by atoms with Crippen molar-refractivity contribution in [3.8, 4) is 0 Å². The van der Waals surface area contributed by atoms with E-state index < -0.39 is 4.92 Å². The number of nitrogens with zero attached hydrogens (tertiary/aromatic N) is 1. The molecule has 0 aliphatic heterocycles. The highest BCUT2D eigenvalue weighted by Gasteiger charge is 2.24. The normalized spacial score (nSPS) is 15.4. The van der Waals surface area contributed by atoms with Crippen molar-refractivity contribution in [2.75, 3.05) is 0 Å². The van der Waals surface area contributed by atoms with Gasteiger partial charge in [-0.1, -0.05) is 48.5 Å². The van der Waals surface area contributed by atoms with E-state index in [1.54, 1.807) is 6.07 Å². The molecule has 0 aromatic heterocycles. The van der Waals surface area contributed by atoms with Crippen LogP contribution in [0.15, 0.2) is 66.2 Å². The maximum atomic E-state index is 12.8. The number of ketones is 1. The van der Waals surface area contributed by atoms with Gasteiger partial charge in [-0.15, -0.1) is 0 Å². The highest BCUT2D eigenvalue weighted by molar-refractivity contribution is 6.14. The molecule has 0 atom stereocenters. The second-order valence-corrected chi connectivity index (χ2v) is 6.17. The minimum absolute atomic E-state index is 0.0430. The summed E-state index contributed by atoms with van der Waals surface area (Å²) in [7, 11) is 0. The summed E-state index contributed by atoms with van der Waals surface area (Å²) in [6, 6.07) is 18.6. The molecule has 4 heteroatoms. The van der Waals surface area contributed by atoms with Crippen LogP contribution >= 0.6 is 0 Å². The third-order valence-electron chi connectivity index (χ3n) is 4.66. The number of rotatable bonds is 2. The van der Waals surface area contributed by atoms with Crippen LogP contribution in [0.4, 0.5) is 5.69 Å². The van der Waals surface area contributed by atoms with Gasteiger partial charge in [0.15, 0.2) is 5.78 Å². The molecule has 3 aromatic rings. The minimum Gasteiger partial charge on any atom is -0.289 e. The van der Waals surface area contributed by atoms with Crippen LogP contribution in [0.1, 0.15) is 27.9 Å². The Hall–Kier alpha value is -3.27. The molecule has 0 unspecified atom stereocenters. The lowest BCUT2D eigenvalue weighted by molar-refractivity contribution is -0.384. The van der Waals surface area contributed by atoms with Crippen LogP contribution in [0.2, 0.25) is 0 Å². The average molecular weight is 329 g/mol. The average Bonchev–Trinajstić information content (AvgIpc) is 2.64. The number of allylic oxidation sites excluding steroid dienone is 1. The van der Waals surface area contributed by atoms with E-state index >= 15 is 0 Å². The zero-order valence-electron chi connectivity index (χ0n) is 13.4. The summed E-state index contributed by atoms with van der Waals surface area (Å²) in [5.41, 5.74) is 2.98. The topological polar surface area (TPSA) is 60.2 Å². The van der Waals surface area contributed by atoms with Gasteiger partial charge in [-0.05, 0) is 40.8 Å². The first-order valence-corrected chi connectivity index (χ1v) is 8.14. The Morgan fingerprint density at radius 2 is 1.76 bits per heavy atom. The first kappa shape index (κ1) is 15.3. The van der Waals surface area contributed by atoms with Crippen LogP contribution in [0.3, 0.4) is 0 Å². The Morgan fingerprint density at radius 1 is 0.960 bits per heavy atom. The molecule has 0 heterocycles. The van der Waals surface area contributed by atoms with E-state index in [1.165, 1.54) is 12.1 Å². The molecule has 1 aliphatic carbocycles. The second-order valence-electron chi connectivity index (χ2n) is 6.17. The summed E-state index contributed by atoms with van der Waals surface area (Å²) < 4.78 is 0. The minimum atomic E-state index is -0.462. The molecule has 0 fully saturated rings. The maximum Gasteiger partial charge on any atom is 0.270 e. The fourth-order valence-electron chi connectivity index (χ4n) is 3.36. The van der Waals surface area contributed by atoms with E-state index in [-0.39, 0.29) is 11.5 Å². The predicted molar refractivity (Wildman–Crippen MR) is 97.7 cm³/mol. The van der Waals surface area contributed by atoms with Crippen molar-refractivity contribution in [1.82, 2.24) is 0 Å². The summed E-state index contributed by atoms with van der Waals surface area (Å²) >= 11 is 0. The molecule has 0 N–H and O–H groups in total. The Labute approximate surface area is 144 Å². The van der Waals surface area contributed by atoms with Gasteiger partial charge < -0.3 is 0 Å². The maximum absolute atomic E-state index is 12.8. The summed E-state index contributed by atoms with van der Waals surface area (Å²) in [6.45, 7) is 0. The van der Waals surface area contributed by atoms with Crippen molar-refractivity contribution in [3.63, 3.8) is 0 Å². The van der Waals surface area contributed by atoms with Crippen LogP contribution in [0.5, 0.6) is 0 Å². The van der Waals surface area contributed by atoms with Crippen molar-refractivity contribution in [1.29, 1.82) is 0 Å². The first-order chi connectivity index (χ1) is 12.1. The van der Waals surface area contributed by atoms with E-state index in [0.717, 1.165) is 28.3 Å². The molecule has 3 aromatic carbocycles. The molecule has 0 saturated heterocycles. The number of Topliss-reactive ketones (excluding diaryl/α,β-unsaturated/α-hetero) is 1. The van der Waals surface area contributed by atoms with Gasteiger partial charge in [-0.25, -0.2) is 0 Å². The standard InChI is InChI=1S/C21H15NO3/c23-21-17(9-8-15-10-11-18(22(24)25)13-20(15)21)12-16-6-3-5-14-4-1-2-7-19(14)16/h1-7,10-13H,8-9H2/b17-12+. The number of hydrogen-bond acceptors (Lipinski definition) is 3. The predicted octanol–water partition coefficient (Wildman–Crippen LogP) is 4.96. The van der Waals surface area contributed by atoms with Crippen LogP contribution < -0.4 is 0 Å². The lowest BCUT2D eigenvalue weighted by Crippen LogP contribution is -2.14. The molecule has 122 valence electrons. The number of fused-ring (bicyclic) bond motifs is 2. The molecule has 25 heavy (non-hydrogen) atoms. The molecule has 0 saturated carbocycles. The van der Waals surface area contributed by atoms with Crippen molar-refractivity contribution >= 4 is 28.3 Å². The Morgan fingerprint density at radius 3 is 2.60 bits per heavy atom. The number of benzene rings is 3. The van der Waals surface area contributed by atoms with Crippen LogP contribution in [0.25, 0.3) is 16.8 Å².